The van der Waals surface area contributed by atoms with E-state index in [1.165, 1.54) is 32.9 Å². The van der Waals surface area contributed by atoms with Gasteiger partial charge in [-0.2, -0.15) is 0 Å². The fraction of sp³-hybridized carbons (Fsp3) is 0. The van der Waals surface area contributed by atoms with E-state index in [0.717, 1.165) is 16.8 Å². The molecule has 0 amide bonds. The van der Waals surface area contributed by atoms with Crippen molar-refractivity contribution in [1.82, 2.24) is 14.5 Å². The molecule has 3 heteroatoms. The van der Waals surface area contributed by atoms with Crippen molar-refractivity contribution in [2.24, 2.45) is 0 Å². The monoisotopic (exact) mass is 449 g/mol. The molecule has 0 N–H and O–H groups in total. The van der Waals surface area contributed by atoms with Crippen molar-refractivity contribution in [2.45, 2.75) is 0 Å². The van der Waals surface area contributed by atoms with Gasteiger partial charge < -0.3 is 4.57 Å². The highest BCUT2D eigenvalue weighted by atomic mass is 15.0. The molecule has 0 aliphatic heterocycles. The molecule has 0 spiro atoms. The number of hydrogen-bond donors (Lipinski definition) is 0. The van der Waals surface area contributed by atoms with Gasteiger partial charge in [0.15, 0.2) is 0 Å². The van der Waals surface area contributed by atoms with Crippen LogP contribution in [0.5, 0.6) is 0 Å². The third kappa shape index (κ3) is 4.28. The van der Waals surface area contributed by atoms with Gasteiger partial charge in [-0.25, -0.2) is 0 Å². The van der Waals surface area contributed by atoms with Crippen molar-refractivity contribution in [3.05, 3.63) is 138 Å². The fourth-order valence-corrected chi connectivity index (χ4v) is 4.46. The Morgan fingerprint density at radius 1 is 0.457 bits per heavy atom. The summed E-state index contributed by atoms with van der Waals surface area (Å²) in [6, 6.07) is 32.0. The van der Waals surface area contributed by atoms with E-state index in [-0.39, 0.29) is 0 Å². The van der Waals surface area contributed by atoms with Crippen molar-refractivity contribution in [2.75, 3.05) is 0 Å². The fourth-order valence-electron chi connectivity index (χ4n) is 4.46. The Morgan fingerprint density at radius 2 is 0.914 bits per heavy atom. The predicted molar refractivity (Wildman–Crippen MR) is 147 cm³/mol. The van der Waals surface area contributed by atoms with Gasteiger partial charge in [-0.1, -0.05) is 54.6 Å². The highest BCUT2D eigenvalue weighted by Gasteiger charge is 2.12. The molecule has 3 heterocycles. The number of aromatic nitrogens is 3. The first-order chi connectivity index (χ1) is 17.3. The molecule has 0 aliphatic rings. The summed E-state index contributed by atoms with van der Waals surface area (Å²) in [5.41, 5.74) is 8.15. The van der Waals surface area contributed by atoms with Crippen molar-refractivity contribution < 1.29 is 0 Å². The molecular formula is C32H23N3. The smallest absolute Gasteiger partial charge is 0.0541 e. The topological polar surface area (TPSA) is 30.7 Å². The summed E-state index contributed by atoms with van der Waals surface area (Å²) >= 11 is 0. The average Bonchev–Trinajstić information content (AvgIpc) is 3.25. The first-order valence-electron chi connectivity index (χ1n) is 11.6. The van der Waals surface area contributed by atoms with Gasteiger partial charge in [0, 0.05) is 41.2 Å². The van der Waals surface area contributed by atoms with E-state index in [9.17, 15) is 0 Å². The third-order valence-electron chi connectivity index (χ3n) is 6.18. The third-order valence-corrected chi connectivity index (χ3v) is 6.18. The minimum Gasteiger partial charge on any atom is -0.309 e. The molecular weight excluding hydrogens is 426 g/mol. The maximum atomic E-state index is 4.10. The number of rotatable bonds is 5. The number of nitrogens with zero attached hydrogens (tertiary/aromatic N) is 3. The van der Waals surface area contributed by atoms with E-state index in [0.29, 0.717) is 0 Å². The van der Waals surface area contributed by atoms with Gasteiger partial charge in [-0.3, -0.25) is 9.97 Å². The van der Waals surface area contributed by atoms with Crippen molar-refractivity contribution in [3.8, 4) is 5.69 Å². The van der Waals surface area contributed by atoms with Crippen molar-refractivity contribution in [1.29, 1.82) is 0 Å². The van der Waals surface area contributed by atoms with Crippen LogP contribution in [0.2, 0.25) is 0 Å². The van der Waals surface area contributed by atoms with Crippen LogP contribution in [-0.2, 0) is 0 Å². The normalized spacial score (nSPS) is 11.8. The molecule has 0 bridgehead atoms. The summed E-state index contributed by atoms with van der Waals surface area (Å²) in [6.07, 6.45) is 15.8. The lowest BCUT2D eigenvalue weighted by molar-refractivity contribution is 1.18. The van der Waals surface area contributed by atoms with Crippen LogP contribution in [0.25, 0.3) is 51.8 Å². The Balaban J connectivity index is 1.50. The first-order valence-corrected chi connectivity index (χ1v) is 11.6. The predicted octanol–water partition coefficient (Wildman–Crippen LogP) is 7.91. The van der Waals surface area contributed by atoms with Crippen LogP contribution >= 0.6 is 0 Å². The second-order valence-electron chi connectivity index (χ2n) is 8.45. The highest BCUT2D eigenvalue weighted by Crippen LogP contribution is 2.34. The van der Waals surface area contributed by atoms with Crippen LogP contribution in [-0.4, -0.2) is 14.5 Å². The molecule has 0 radical (unpaired) electrons. The lowest BCUT2D eigenvalue weighted by Gasteiger charge is -2.07. The van der Waals surface area contributed by atoms with Gasteiger partial charge in [0.2, 0.25) is 0 Å². The second-order valence-corrected chi connectivity index (χ2v) is 8.45. The minimum absolute atomic E-state index is 1.13. The Bertz CT molecular complexity index is 1560. The summed E-state index contributed by atoms with van der Waals surface area (Å²) in [5.74, 6) is 0. The molecule has 3 aromatic heterocycles. The lowest BCUT2D eigenvalue weighted by atomic mass is 10.1. The molecule has 6 aromatic rings. The molecule has 35 heavy (non-hydrogen) atoms. The van der Waals surface area contributed by atoms with Gasteiger partial charge in [0.1, 0.15) is 0 Å². The zero-order valence-corrected chi connectivity index (χ0v) is 19.1. The molecule has 0 saturated heterocycles. The molecule has 6 rings (SSSR count). The van der Waals surface area contributed by atoms with Crippen LogP contribution in [0.1, 0.15) is 22.3 Å². The molecule has 3 aromatic carbocycles. The maximum absolute atomic E-state index is 4.10. The van der Waals surface area contributed by atoms with E-state index in [1.807, 2.05) is 49.1 Å². The molecule has 166 valence electrons. The summed E-state index contributed by atoms with van der Waals surface area (Å²) in [4.78, 5) is 8.21. The van der Waals surface area contributed by atoms with E-state index >= 15 is 0 Å². The highest BCUT2D eigenvalue weighted by molar-refractivity contribution is 6.10. The van der Waals surface area contributed by atoms with Crippen molar-refractivity contribution >= 4 is 46.1 Å². The lowest BCUT2D eigenvalue weighted by Crippen LogP contribution is -1.93. The number of hydrogen-bond acceptors (Lipinski definition) is 2. The van der Waals surface area contributed by atoms with Gasteiger partial charge >= 0.3 is 0 Å². The van der Waals surface area contributed by atoms with E-state index in [2.05, 4.69) is 106 Å². The quantitative estimate of drug-likeness (QED) is 0.268. The number of fused-ring (bicyclic) bond motifs is 3. The number of para-hydroxylation sites is 1. The Hall–Kier alpha value is -4.76. The molecule has 0 atom stereocenters. The van der Waals surface area contributed by atoms with Crippen molar-refractivity contribution in [3.63, 3.8) is 0 Å². The zero-order chi connectivity index (χ0) is 23.5. The maximum Gasteiger partial charge on any atom is 0.0541 e. The van der Waals surface area contributed by atoms with Crippen LogP contribution < -0.4 is 0 Å². The SMILES string of the molecule is C(=Cc1ccc2c(c1)c1cc(C=Cc3ccncc3)ccc1n2-c1ccccc1)c1ccncc1. The van der Waals surface area contributed by atoms with Gasteiger partial charge in [-0.05, 0) is 82.9 Å². The van der Waals surface area contributed by atoms with E-state index < -0.39 is 0 Å². The van der Waals surface area contributed by atoms with Gasteiger partial charge in [0.25, 0.3) is 0 Å². The minimum atomic E-state index is 1.13. The molecule has 0 fully saturated rings. The Morgan fingerprint density at radius 3 is 1.40 bits per heavy atom. The summed E-state index contributed by atoms with van der Waals surface area (Å²) in [7, 11) is 0. The standard InChI is InChI=1S/C32H23N3/c1-2-4-28(5-3-1)35-31-12-10-26(8-6-24-14-18-33-19-15-24)22-29(31)30-23-27(11-13-32(30)35)9-7-25-16-20-34-21-17-25/h1-23H. The average molecular weight is 450 g/mol. The van der Waals surface area contributed by atoms with Crippen LogP contribution in [0, 0.1) is 0 Å². The Labute approximate surface area is 204 Å². The van der Waals surface area contributed by atoms with Gasteiger partial charge in [-0.15, -0.1) is 0 Å². The molecule has 0 aliphatic carbocycles. The summed E-state index contributed by atoms with van der Waals surface area (Å²) < 4.78 is 2.34. The number of benzene rings is 3. The zero-order valence-electron chi connectivity index (χ0n) is 19.1. The van der Waals surface area contributed by atoms with Crippen LogP contribution in [0.4, 0.5) is 0 Å². The first kappa shape index (κ1) is 20.8. The summed E-state index contributed by atoms with van der Waals surface area (Å²) in [5, 5.41) is 2.47. The summed E-state index contributed by atoms with van der Waals surface area (Å²) in [6.45, 7) is 0. The van der Waals surface area contributed by atoms with Crippen LogP contribution in [0.3, 0.4) is 0 Å². The van der Waals surface area contributed by atoms with E-state index in [1.54, 1.807) is 0 Å². The molecule has 3 nitrogen and oxygen atoms in total. The number of pyridine rings is 2. The van der Waals surface area contributed by atoms with Crippen LogP contribution in [0.15, 0.2) is 116 Å². The van der Waals surface area contributed by atoms with Gasteiger partial charge in [0.05, 0.1) is 11.0 Å². The van der Waals surface area contributed by atoms with E-state index in [4.69, 9.17) is 0 Å². The Kier molecular flexibility index (Phi) is 5.50. The second kappa shape index (κ2) is 9.24. The molecule has 0 unspecified atom stereocenters. The molecule has 0 saturated carbocycles. The largest absolute Gasteiger partial charge is 0.309 e.